The number of hydrogen-bond acceptors (Lipinski definition) is 4. The maximum Gasteiger partial charge on any atom is 0.224 e. The van der Waals surface area contributed by atoms with Gasteiger partial charge in [0.2, 0.25) is 5.95 Å². The Labute approximate surface area is 121 Å². The van der Waals surface area contributed by atoms with Crippen LogP contribution < -0.4 is 10.6 Å². The summed E-state index contributed by atoms with van der Waals surface area (Å²) in [5.41, 5.74) is 2.48. The first-order valence-electron chi connectivity index (χ1n) is 6.13. The Hall–Kier alpha value is -1.62. The third kappa shape index (κ3) is 3.44. The van der Waals surface area contributed by atoms with Crippen LogP contribution in [0.3, 0.4) is 0 Å². The van der Waals surface area contributed by atoms with Gasteiger partial charge >= 0.3 is 0 Å². The van der Waals surface area contributed by atoms with E-state index in [-0.39, 0.29) is 6.04 Å². The van der Waals surface area contributed by atoms with E-state index < -0.39 is 0 Å². The van der Waals surface area contributed by atoms with E-state index in [0.29, 0.717) is 5.95 Å². The van der Waals surface area contributed by atoms with Crippen molar-refractivity contribution in [3.63, 3.8) is 0 Å². The molecule has 19 heavy (non-hydrogen) atoms. The van der Waals surface area contributed by atoms with Gasteiger partial charge in [-0.25, -0.2) is 4.98 Å². The Morgan fingerprint density at radius 3 is 2.53 bits per heavy atom. The van der Waals surface area contributed by atoms with Crippen molar-refractivity contribution >= 4 is 27.7 Å². The molecule has 1 heterocycles. The van der Waals surface area contributed by atoms with E-state index in [1.807, 2.05) is 0 Å². The quantitative estimate of drug-likeness (QED) is 0.900. The molecule has 0 bridgehead atoms. The van der Waals surface area contributed by atoms with Crippen LogP contribution in [0.5, 0.6) is 0 Å². The molecule has 100 valence electrons. The molecule has 1 atom stereocenters. The Balaban J connectivity index is 2.18. The number of nitrogens with one attached hydrogen (secondary N) is 2. The second-order valence-electron chi connectivity index (χ2n) is 4.42. The number of rotatable bonds is 4. The Bertz CT molecular complexity index is 554. The highest BCUT2D eigenvalue weighted by molar-refractivity contribution is 9.10. The zero-order valence-electron chi connectivity index (χ0n) is 11.2. The molecular weight excluding hydrogens is 304 g/mol. The summed E-state index contributed by atoms with van der Waals surface area (Å²) in [7, 11) is 1.80. The minimum atomic E-state index is 0.177. The molecule has 0 aliphatic rings. The van der Waals surface area contributed by atoms with E-state index in [2.05, 4.69) is 74.6 Å². The van der Waals surface area contributed by atoms with Crippen LogP contribution >= 0.6 is 15.9 Å². The molecule has 2 aromatic rings. The summed E-state index contributed by atoms with van der Waals surface area (Å²) in [4.78, 5) is 8.53. The maximum atomic E-state index is 4.39. The second-order valence-corrected chi connectivity index (χ2v) is 5.27. The molecule has 0 saturated carbocycles. The van der Waals surface area contributed by atoms with Crippen molar-refractivity contribution in [3.8, 4) is 0 Å². The number of benzene rings is 1. The van der Waals surface area contributed by atoms with Gasteiger partial charge < -0.3 is 10.6 Å². The molecule has 0 aliphatic carbocycles. The van der Waals surface area contributed by atoms with Crippen molar-refractivity contribution in [2.45, 2.75) is 19.9 Å². The molecule has 1 aromatic carbocycles. The Kier molecular flexibility index (Phi) is 4.37. The minimum absolute atomic E-state index is 0.177. The molecule has 1 aromatic heterocycles. The van der Waals surface area contributed by atoms with E-state index >= 15 is 0 Å². The van der Waals surface area contributed by atoms with Crippen molar-refractivity contribution in [1.82, 2.24) is 9.97 Å². The van der Waals surface area contributed by atoms with Crippen LogP contribution in [0.4, 0.5) is 11.8 Å². The summed E-state index contributed by atoms with van der Waals surface area (Å²) in [6, 6.07) is 8.65. The summed E-state index contributed by atoms with van der Waals surface area (Å²) < 4.78 is 0.852. The SMILES string of the molecule is CNc1ncc(Br)c(NC(C)c2ccc(C)cc2)n1. The minimum Gasteiger partial charge on any atom is -0.362 e. The van der Waals surface area contributed by atoms with Crippen LogP contribution in [-0.4, -0.2) is 17.0 Å². The number of halogens is 1. The normalized spacial score (nSPS) is 12.0. The standard InChI is InChI=1S/C14H17BrN4/c1-9-4-6-11(7-5-9)10(2)18-13-12(15)8-17-14(16-3)19-13/h4-8,10H,1-3H3,(H2,16,17,18,19). The first-order chi connectivity index (χ1) is 9.10. The van der Waals surface area contributed by atoms with Gasteiger partial charge in [-0.3, -0.25) is 0 Å². The summed E-state index contributed by atoms with van der Waals surface area (Å²) in [5, 5.41) is 6.31. The number of nitrogens with zero attached hydrogens (tertiary/aromatic N) is 2. The molecule has 4 nitrogen and oxygen atoms in total. The Morgan fingerprint density at radius 2 is 1.89 bits per heavy atom. The summed E-state index contributed by atoms with van der Waals surface area (Å²) in [6.45, 7) is 4.19. The van der Waals surface area contributed by atoms with E-state index in [4.69, 9.17) is 0 Å². The number of anilines is 2. The molecule has 0 fully saturated rings. The number of aryl methyl sites for hydroxylation is 1. The zero-order chi connectivity index (χ0) is 13.8. The van der Waals surface area contributed by atoms with Gasteiger partial charge in [0.05, 0.1) is 4.47 Å². The van der Waals surface area contributed by atoms with Gasteiger partial charge in [-0.1, -0.05) is 29.8 Å². The molecule has 0 amide bonds. The van der Waals surface area contributed by atoms with Gasteiger partial charge in [0.15, 0.2) is 0 Å². The van der Waals surface area contributed by atoms with Crippen molar-refractivity contribution in [2.24, 2.45) is 0 Å². The molecule has 0 radical (unpaired) electrons. The van der Waals surface area contributed by atoms with Crippen LogP contribution in [0.15, 0.2) is 34.9 Å². The first-order valence-corrected chi connectivity index (χ1v) is 6.93. The molecule has 2 N–H and O–H groups in total. The van der Waals surface area contributed by atoms with Crippen LogP contribution in [0.25, 0.3) is 0 Å². The third-order valence-electron chi connectivity index (χ3n) is 2.90. The lowest BCUT2D eigenvalue weighted by Gasteiger charge is -2.16. The van der Waals surface area contributed by atoms with Gasteiger partial charge in [-0.2, -0.15) is 4.98 Å². The fourth-order valence-corrected chi connectivity index (χ4v) is 2.04. The van der Waals surface area contributed by atoms with Gasteiger partial charge in [0.25, 0.3) is 0 Å². The van der Waals surface area contributed by atoms with Gasteiger partial charge in [0.1, 0.15) is 5.82 Å². The smallest absolute Gasteiger partial charge is 0.224 e. The van der Waals surface area contributed by atoms with Crippen molar-refractivity contribution in [3.05, 3.63) is 46.1 Å². The highest BCUT2D eigenvalue weighted by Gasteiger charge is 2.09. The highest BCUT2D eigenvalue weighted by atomic mass is 79.9. The topological polar surface area (TPSA) is 49.8 Å². The lowest BCUT2D eigenvalue weighted by atomic mass is 10.1. The van der Waals surface area contributed by atoms with Crippen molar-refractivity contribution in [2.75, 3.05) is 17.7 Å². The number of hydrogen-bond donors (Lipinski definition) is 2. The van der Waals surface area contributed by atoms with Crippen LogP contribution in [-0.2, 0) is 0 Å². The third-order valence-corrected chi connectivity index (χ3v) is 3.48. The summed E-state index contributed by atoms with van der Waals surface area (Å²) >= 11 is 3.46. The average molecular weight is 321 g/mol. The van der Waals surface area contributed by atoms with Crippen LogP contribution in [0.1, 0.15) is 24.1 Å². The molecule has 2 rings (SSSR count). The highest BCUT2D eigenvalue weighted by Crippen LogP contribution is 2.25. The van der Waals surface area contributed by atoms with Crippen LogP contribution in [0, 0.1) is 6.92 Å². The lowest BCUT2D eigenvalue weighted by molar-refractivity contribution is 0.869. The first kappa shape index (κ1) is 13.8. The average Bonchev–Trinajstić information content (AvgIpc) is 2.42. The molecular formula is C14H17BrN4. The monoisotopic (exact) mass is 320 g/mol. The summed E-state index contributed by atoms with van der Waals surface area (Å²) in [6.07, 6.45) is 1.74. The Morgan fingerprint density at radius 1 is 1.21 bits per heavy atom. The molecule has 0 spiro atoms. The predicted octanol–water partition coefficient (Wildman–Crippen LogP) is 3.76. The summed E-state index contributed by atoms with van der Waals surface area (Å²) in [5.74, 6) is 1.38. The van der Waals surface area contributed by atoms with E-state index in [0.717, 1.165) is 10.3 Å². The lowest BCUT2D eigenvalue weighted by Crippen LogP contribution is -2.10. The molecule has 1 unspecified atom stereocenters. The second kappa shape index (κ2) is 6.02. The van der Waals surface area contributed by atoms with Gasteiger partial charge in [-0.05, 0) is 35.3 Å². The fraction of sp³-hybridized carbons (Fsp3) is 0.286. The number of aromatic nitrogens is 2. The predicted molar refractivity (Wildman–Crippen MR) is 82.5 cm³/mol. The molecule has 5 heteroatoms. The van der Waals surface area contributed by atoms with Crippen molar-refractivity contribution in [1.29, 1.82) is 0 Å². The van der Waals surface area contributed by atoms with Crippen molar-refractivity contribution < 1.29 is 0 Å². The molecule has 0 aliphatic heterocycles. The van der Waals surface area contributed by atoms with Crippen LogP contribution in [0.2, 0.25) is 0 Å². The molecule has 0 saturated heterocycles. The van der Waals surface area contributed by atoms with E-state index in [9.17, 15) is 0 Å². The largest absolute Gasteiger partial charge is 0.362 e. The van der Waals surface area contributed by atoms with Gasteiger partial charge in [-0.15, -0.1) is 0 Å². The maximum absolute atomic E-state index is 4.39. The van der Waals surface area contributed by atoms with E-state index in [1.165, 1.54) is 11.1 Å². The zero-order valence-corrected chi connectivity index (χ0v) is 12.8. The van der Waals surface area contributed by atoms with E-state index in [1.54, 1.807) is 13.2 Å². The fourth-order valence-electron chi connectivity index (χ4n) is 1.73. The van der Waals surface area contributed by atoms with Gasteiger partial charge in [0, 0.05) is 19.3 Å².